The van der Waals surface area contributed by atoms with Crippen molar-refractivity contribution in [3.63, 3.8) is 0 Å². The summed E-state index contributed by atoms with van der Waals surface area (Å²) in [5, 5.41) is 13.5. The summed E-state index contributed by atoms with van der Waals surface area (Å²) in [6.07, 6.45) is 0.166. The number of halogens is 2. The number of methoxy groups -OCH3 is 1. The maximum absolute atomic E-state index is 12.1. The summed E-state index contributed by atoms with van der Waals surface area (Å²) in [4.78, 5) is 12.1. The van der Waals surface area contributed by atoms with Gasteiger partial charge in [0.15, 0.2) is 5.75 Å². The highest BCUT2D eigenvalue weighted by Gasteiger charge is 2.39. The minimum absolute atomic E-state index is 0.105. The van der Waals surface area contributed by atoms with E-state index in [-0.39, 0.29) is 28.6 Å². The second kappa shape index (κ2) is 6.40. The molecule has 116 valence electrons. The Morgan fingerprint density at radius 1 is 1.52 bits per heavy atom. The van der Waals surface area contributed by atoms with Crippen LogP contribution in [0.2, 0.25) is 10.0 Å². The Bertz CT molecular complexity index is 529. The topological polar surface area (TPSA) is 67.8 Å². The van der Waals surface area contributed by atoms with Gasteiger partial charge in [0.25, 0.3) is 5.91 Å². The van der Waals surface area contributed by atoms with E-state index in [1.807, 2.05) is 0 Å². The van der Waals surface area contributed by atoms with Crippen molar-refractivity contribution in [2.75, 3.05) is 20.3 Å². The Morgan fingerprint density at radius 2 is 2.14 bits per heavy atom. The molecule has 1 fully saturated rings. The number of hydrogen-bond donors (Lipinski definition) is 2. The summed E-state index contributed by atoms with van der Waals surface area (Å²) in [5.41, 5.74) is -0.739. The quantitative estimate of drug-likeness (QED) is 0.886. The van der Waals surface area contributed by atoms with Gasteiger partial charge in [-0.15, -0.1) is 0 Å². The van der Waals surface area contributed by atoms with Crippen LogP contribution in [0.1, 0.15) is 23.7 Å². The molecule has 7 heteroatoms. The van der Waals surface area contributed by atoms with Crippen molar-refractivity contribution < 1.29 is 19.4 Å². The fourth-order valence-corrected chi connectivity index (χ4v) is 2.87. The monoisotopic (exact) mass is 333 g/mol. The molecule has 0 radical (unpaired) electrons. The summed E-state index contributed by atoms with van der Waals surface area (Å²) < 4.78 is 10.3. The Hall–Kier alpha value is -1.01. The van der Waals surface area contributed by atoms with E-state index < -0.39 is 5.60 Å². The summed E-state index contributed by atoms with van der Waals surface area (Å²) in [7, 11) is 1.45. The molecular formula is C14H17Cl2NO4. The first kappa shape index (κ1) is 16.4. The minimum atomic E-state index is -1.05. The van der Waals surface area contributed by atoms with Crippen molar-refractivity contribution in [1.29, 1.82) is 0 Å². The van der Waals surface area contributed by atoms with Gasteiger partial charge in [0.1, 0.15) is 5.60 Å². The standard InChI is InChI=1S/C14H17Cl2NO4/c1-8-14(19,3-4-21-8)7-17-13(18)9-5-10(15)12(20-2)11(16)6-9/h5-6,8,19H,3-4,7H2,1-2H3,(H,17,18). The van der Waals surface area contributed by atoms with Crippen LogP contribution in [0.3, 0.4) is 0 Å². The number of carbonyl (C=O) groups is 1. The Labute approximate surface area is 133 Å². The van der Waals surface area contributed by atoms with Gasteiger partial charge in [0.05, 0.1) is 23.3 Å². The van der Waals surface area contributed by atoms with Gasteiger partial charge in [-0.3, -0.25) is 4.79 Å². The molecule has 0 aromatic heterocycles. The van der Waals surface area contributed by atoms with Crippen molar-refractivity contribution in [3.8, 4) is 5.75 Å². The zero-order valence-electron chi connectivity index (χ0n) is 11.8. The smallest absolute Gasteiger partial charge is 0.251 e. The first-order chi connectivity index (χ1) is 9.87. The summed E-state index contributed by atoms with van der Waals surface area (Å²) >= 11 is 12.0. The summed E-state index contributed by atoms with van der Waals surface area (Å²) in [6, 6.07) is 2.94. The lowest BCUT2D eigenvalue weighted by Gasteiger charge is -2.26. The van der Waals surface area contributed by atoms with Crippen molar-refractivity contribution in [2.24, 2.45) is 0 Å². The first-order valence-electron chi connectivity index (χ1n) is 6.52. The summed E-state index contributed by atoms with van der Waals surface area (Å²) in [6.45, 7) is 2.36. The van der Waals surface area contributed by atoms with Gasteiger partial charge in [0, 0.05) is 25.1 Å². The fourth-order valence-electron chi connectivity index (χ4n) is 2.22. The molecule has 21 heavy (non-hydrogen) atoms. The van der Waals surface area contributed by atoms with Crippen LogP contribution in [0.25, 0.3) is 0 Å². The van der Waals surface area contributed by atoms with Gasteiger partial charge < -0.3 is 19.9 Å². The predicted molar refractivity (Wildman–Crippen MR) is 80.3 cm³/mol. The third-order valence-electron chi connectivity index (χ3n) is 3.68. The van der Waals surface area contributed by atoms with Crippen LogP contribution in [-0.4, -0.2) is 43.0 Å². The van der Waals surface area contributed by atoms with Crippen LogP contribution in [0.15, 0.2) is 12.1 Å². The van der Waals surface area contributed by atoms with Crippen LogP contribution in [0.5, 0.6) is 5.75 Å². The molecule has 0 saturated carbocycles. The number of benzene rings is 1. The van der Waals surface area contributed by atoms with Crippen molar-refractivity contribution in [3.05, 3.63) is 27.7 Å². The molecule has 1 aliphatic rings. The Morgan fingerprint density at radius 3 is 2.62 bits per heavy atom. The van der Waals surface area contributed by atoms with Gasteiger partial charge in [-0.25, -0.2) is 0 Å². The van der Waals surface area contributed by atoms with E-state index >= 15 is 0 Å². The normalized spacial score (nSPS) is 24.9. The number of amides is 1. The number of aliphatic hydroxyl groups is 1. The molecular weight excluding hydrogens is 317 g/mol. The van der Waals surface area contributed by atoms with Crippen LogP contribution in [0, 0.1) is 0 Å². The lowest BCUT2D eigenvalue weighted by Crippen LogP contribution is -2.47. The highest BCUT2D eigenvalue weighted by Crippen LogP contribution is 2.33. The van der Waals surface area contributed by atoms with Crippen LogP contribution >= 0.6 is 23.2 Å². The molecule has 2 rings (SSSR count). The van der Waals surface area contributed by atoms with Crippen LogP contribution in [-0.2, 0) is 4.74 Å². The lowest BCUT2D eigenvalue weighted by molar-refractivity contribution is -0.0251. The molecule has 2 unspecified atom stereocenters. The third kappa shape index (κ3) is 3.43. The van der Waals surface area contributed by atoms with Gasteiger partial charge in [-0.2, -0.15) is 0 Å². The van der Waals surface area contributed by atoms with E-state index in [9.17, 15) is 9.90 Å². The lowest BCUT2D eigenvalue weighted by atomic mass is 9.96. The predicted octanol–water partition coefficient (Wildman–Crippen LogP) is 2.27. The number of rotatable bonds is 4. The molecule has 1 amide bonds. The number of hydrogen-bond acceptors (Lipinski definition) is 4. The van der Waals surface area contributed by atoms with E-state index in [1.54, 1.807) is 6.92 Å². The van der Waals surface area contributed by atoms with Crippen molar-refractivity contribution >= 4 is 29.1 Å². The van der Waals surface area contributed by atoms with E-state index in [0.717, 1.165) is 0 Å². The SMILES string of the molecule is COc1c(Cl)cc(C(=O)NCC2(O)CCOC2C)cc1Cl. The van der Waals surface area contributed by atoms with Crippen LogP contribution in [0.4, 0.5) is 0 Å². The highest BCUT2D eigenvalue weighted by molar-refractivity contribution is 6.37. The van der Waals surface area contributed by atoms with E-state index in [4.69, 9.17) is 32.7 Å². The molecule has 2 atom stereocenters. The average Bonchev–Trinajstić information content (AvgIpc) is 2.76. The number of ether oxygens (including phenoxy) is 2. The van der Waals surface area contributed by atoms with Gasteiger partial charge in [-0.1, -0.05) is 23.2 Å². The molecule has 1 aromatic carbocycles. The minimum Gasteiger partial charge on any atom is -0.494 e. The fraction of sp³-hybridized carbons (Fsp3) is 0.500. The molecule has 1 aromatic rings. The average molecular weight is 334 g/mol. The van der Waals surface area contributed by atoms with E-state index in [1.165, 1.54) is 19.2 Å². The summed E-state index contributed by atoms with van der Waals surface area (Å²) in [5.74, 6) is -0.0414. The molecule has 0 aliphatic carbocycles. The van der Waals surface area contributed by atoms with Crippen molar-refractivity contribution in [1.82, 2.24) is 5.32 Å². The van der Waals surface area contributed by atoms with E-state index in [0.29, 0.717) is 24.3 Å². The maximum atomic E-state index is 12.1. The zero-order valence-corrected chi connectivity index (χ0v) is 13.3. The van der Waals surface area contributed by atoms with Crippen LogP contribution < -0.4 is 10.1 Å². The van der Waals surface area contributed by atoms with Gasteiger partial charge in [-0.05, 0) is 19.1 Å². The maximum Gasteiger partial charge on any atom is 0.251 e. The van der Waals surface area contributed by atoms with Crippen molar-refractivity contribution in [2.45, 2.75) is 25.0 Å². The molecule has 2 N–H and O–H groups in total. The highest BCUT2D eigenvalue weighted by atomic mass is 35.5. The second-order valence-electron chi connectivity index (χ2n) is 5.02. The third-order valence-corrected chi connectivity index (χ3v) is 4.24. The van der Waals surface area contributed by atoms with Gasteiger partial charge >= 0.3 is 0 Å². The molecule has 5 nitrogen and oxygen atoms in total. The molecule has 1 aliphatic heterocycles. The second-order valence-corrected chi connectivity index (χ2v) is 5.84. The number of nitrogens with one attached hydrogen (secondary N) is 1. The number of carbonyl (C=O) groups excluding carboxylic acids is 1. The first-order valence-corrected chi connectivity index (χ1v) is 7.28. The largest absolute Gasteiger partial charge is 0.494 e. The Balaban J connectivity index is 2.07. The molecule has 1 saturated heterocycles. The van der Waals surface area contributed by atoms with Gasteiger partial charge in [0.2, 0.25) is 0 Å². The molecule has 0 bridgehead atoms. The molecule has 0 spiro atoms. The molecule has 1 heterocycles. The zero-order chi connectivity index (χ0) is 15.6. The Kier molecular flexibility index (Phi) is 4.99. The van der Waals surface area contributed by atoms with E-state index in [2.05, 4.69) is 5.32 Å².